The first-order valence-corrected chi connectivity index (χ1v) is 9.95. The van der Waals surface area contributed by atoms with Gasteiger partial charge in [0.2, 0.25) is 0 Å². The number of carbonyl (C=O) groups is 2. The highest BCUT2D eigenvalue weighted by Crippen LogP contribution is 2.38. The summed E-state index contributed by atoms with van der Waals surface area (Å²) in [5, 5.41) is 3.29. The van der Waals surface area contributed by atoms with E-state index in [2.05, 4.69) is 5.32 Å². The van der Waals surface area contributed by atoms with Crippen LogP contribution >= 0.6 is 0 Å². The molecule has 7 heteroatoms. The quantitative estimate of drug-likeness (QED) is 0.497. The van der Waals surface area contributed by atoms with Crippen molar-refractivity contribution in [3.05, 3.63) is 23.8 Å². The van der Waals surface area contributed by atoms with E-state index in [1.165, 1.54) is 0 Å². The Morgan fingerprint density at radius 2 is 1.86 bits per heavy atom. The van der Waals surface area contributed by atoms with Crippen LogP contribution in [0.1, 0.15) is 52.1 Å². The molecule has 1 aliphatic rings. The number of carbonyl (C=O) groups excluding carboxylic acids is 2. The Labute approximate surface area is 173 Å². The lowest BCUT2D eigenvalue weighted by molar-refractivity contribution is -0.157. The van der Waals surface area contributed by atoms with Gasteiger partial charge >= 0.3 is 5.97 Å². The topological polar surface area (TPSA) is 83.1 Å². The van der Waals surface area contributed by atoms with Gasteiger partial charge in [-0.05, 0) is 51.8 Å². The second-order valence-electron chi connectivity index (χ2n) is 8.29. The molecule has 162 valence electrons. The van der Waals surface area contributed by atoms with Crippen molar-refractivity contribution >= 4 is 11.8 Å². The van der Waals surface area contributed by atoms with Gasteiger partial charge in [-0.2, -0.15) is 0 Å². The van der Waals surface area contributed by atoms with Gasteiger partial charge in [0.1, 0.15) is 17.4 Å². The van der Waals surface area contributed by atoms with E-state index in [1.807, 2.05) is 39.0 Å². The number of esters is 1. The predicted octanol–water partition coefficient (Wildman–Crippen LogP) is 3.06. The molecule has 0 aliphatic carbocycles. The predicted molar refractivity (Wildman–Crippen MR) is 109 cm³/mol. The van der Waals surface area contributed by atoms with Gasteiger partial charge in [-0.25, -0.2) is 0 Å². The van der Waals surface area contributed by atoms with E-state index in [1.54, 1.807) is 21.1 Å². The maximum absolute atomic E-state index is 12.5. The zero-order valence-corrected chi connectivity index (χ0v) is 18.2. The Bertz CT molecular complexity index is 712. The number of ether oxygens (including phenoxy) is 4. The summed E-state index contributed by atoms with van der Waals surface area (Å²) in [5.41, 5.74) is 0.296. The molecule has 29 heavy (non-hydrogen) atoms. The standard InChI is InChI=1S/C22H33NO6/c1-14(24)16-13-17(21(25)29-22(2,3)4)23-20(16)15-8-9-18(27-6)19(12-15)28-11-7-10-26-5/h8-9,12,16-17,20,23H,7,10-11,13H2,1-6H3/t16-,17?,20?/m0/s1. The Morgan fingerprint density at radius 3 is 2.45 bits per heavy atom. The summed E-state index contributed by atoms with van der Waals surface area (Å²) in [7, 11) is 3.23. The van der Waals surface area contributed by atoms with Crippen LogP contribution in [0.3, 0.4) is 0 Å². The molecular formula is C22H33NO6. The molecule has 0 bridgehead atoms. The van der Waals surface area contributed by atoms with Crippen molar-refractivity contribution in [2.75, 3.05) is 27.4 Å². The summed E-state index contributed by atoms with van der Waals surface area (Å²) in [6, 6.07) is 4.77. The Kier molecular flexibility index (Phi) is 8.05. The van der Waals surface area contributed by atoms with Crippen LogP contribution in [0, 0.1) is 5.92 Å². The van der Waals surface area contributed by atoms with E-state index in [9.17, 15) is 9.59 Å². The lowest BCUT2D eigenvalue weighted by atomic mass is 9.90. The van der Waals surface area contributed by atoms with Gasteiger partial charge in [0.25, 0.3) is 0 Å². The number of methoxy groups -OCH3 is 2. The molecular weight excluding hydrogens is 374 g/mol. The first-order valence-electron chi connectivity index (χ1n) is 9.95. The number of ketones is 1. The van der Waals surface area contributed by atoms with Crippen molar-refractivity contribution in [3.63, 3.8) is 0 Å². The average molecular weight is 408 g/mol. The zero-order chi connectivity index (χ0) is 21.6. The van der Waals surface area contributed by atoms with Gasteiger partial charge in [0.15, 0.2) is 11.5 Å². The van der Waals surface area contributed by atoms with Crippen LogP contribution in [0.5, 0.6) is 11.5 Å². The molecule has 0 amide bonds. The molecule has 1 fully saturated rings. The van der Waals surface area contributed by atoms with Gasteiger partial charge in [-0.3, -0.25) is 14.9 Å². The smallest absolute Gasteiger partial charge is 0.323 e. The largest absolute Gasteiger partial charge is 0.493 e. The Hall–Kier alpha value is -2.12. The SMILES string of the molecule is COCCCOc1cc(C2NC(C(=O)OC(C)(C)C)C[C@H]2C(C)=O)ccc1OC. The third-order valence-corrected chi connectivity index (χ3v) is 4.78. The number of Topliss-reactive ketones (excluding diaryl/α,β-unsaturated/α-hetero) is 1. The van der Waals surface area contributed by atoms with E-state index in [0.29, 0.717) is 31.1 Å². The molecule has 1 N–H and O–H groups in total. The van der Waals surface area contributed by atoms with E-state index in [4.69, 9.17) is 18.9 Å². The van der Waals surface area contributed by atoms with Gasteiger partial charge in [0, 0.05) is 32.1 Å². The van der Waals surface area contributed by atoms with Crippen LogP contribution in [0.2, 0.25) is 0 Å². The molecule has 0 saturated carbocycles. The van der Waals surface area contributed by atoms with E-state index >= 15 is 0 Å². The van der Waals surface area contributed by atoms with E-state index in [-0.39, 0.29) is 23.7 Å². The normalized spacial score (nSPS) is 21.7. The average Bonchev–Trinajstić information content (AvgIpc) is 3.10. The molecule has 3 atom stereocenters. The molecule has 1 aromatic carbocycles. The third-order valence-electron chi connectivity index (χ3n) is 4.78. The number of benzene rings is 1. The number of rotatable bonds is 9. The first kappa shape index (κ1) is 23.2. The molecule has 0 spiro atoms. The highest BCUT2D eigenvalue weighted by Gasteiger charge is 2.42. The lowest BCUT2D eigenvalue weighted by Crippen LogP contribution is -2.38. The molecule has 1 saturated heterocycles. The van der Waals surface area contributed by atoms with E-state index in [0.717, 1.165) is 12.0 Å². The van der Waals surface area contributed by atoms with Gasteiger partial charge in [0.05, 0.1) is 13.7 Å². The summed E-state index contributed by atoms with van der Waals surface area (Å²) in [4.78, 5) is 24.8. The van der Waals surface area contributed by atoms with Gasteiger partial charge in [-0.1, -0.05) is 6.07 Å². The first-order chi connectivity index (χ1) is 13.7. The van der Waals surface area contributed by atoms with Crippen LogP contribution in [-0.2, 0) is 19.1 Å². The fourth-order valence-electron chi connectivity index (χ4n) is 3.44. The zero-order valence-electron chi connectivity index (χ0n) is 18.2. The second-order valence-corrected chi connectivity index (χ2v) is 8.29. The van der Waals surface area contributed by atoms with Crippen LogP contribution in [0.15, 0.2) is 18.2 Å². The lowest BCUT2D eigenvalue weighted by Gasteiger charge is -2.23. The fraction of sp³-hybridized carbons (Fsp3) is 0.636. The summed E-state index contributed by atoms with van der Waals surface area (Å²) in [5.74, 6) is 0.600. The molecule has 2 rings (SSSR count). The van der Waals surface area contributed by atoms with E-state index < -0.39 is 11.6 Å². The monoisotopic (exact) mass is 407 g/mol. The van der Waals surface area contributed by atoms with Crippen molar-refractivity contribution in [3.8, 4) is 11.5 Å². The molecule has 1 aliphatic heterocycles. The highest BCUT2D eigenvalue weighted by molar-refractivity contribution is 5.83. The molecule has 1 aromatic rings. The van der Waals surface area contributed by atoms with Crippen LogP contribution < -0.4 is 14.8 Å². The summed E-state index contributed by atoms with van der Waals surface area (Å²) in [6.07, 6.45) is 1.16. The van der Waals surface area contributed by atoms with Crippen LogP contribution in [-0.4, -0.2) is 50.8 Å². The summed E-state index contributed by atoms with van der Waals surface area (Å²) >= 11 is 0. The Morgan fingerprint density at radius 1 is 1.14 bits per heavy atom. The maximum Gasteiger partial charge on any atom is 0.323 e. The minimum atomic E-state index is -0.577. The summed E-state index contributed by atoms with van der Waals surface area (Å²) < 4.78 is 21.8. The van der Waals surface area contributed by atoms with Gasteiger partial charge < -0.3 is 18.9 Å². The van der Waals surface area contributed by atoms with Crippen molar-refractivity contribution in [2.45, 2.75) is 58.2 Å². The number of hydrogen-bond acceptors (Lipinski definition) is 7. The van der Waals surface area contributed by atoms with Crippen LogP contribution in [0.4, 0.5) is 0 Å². The van der Waals surface area contributed by atoms with Crippen molar-refractivity contribution in [1.82, 2.24) is 5.32 Å². The molecule has 2 unspecified atom stereocenters. The maximum atomic E-state index is 12.5. The van der Waals surface area contributed by atoms with Gasteiger partial charge in [-0.15, -0.1) is 0 Å². The van der Waals surface area contributed by atoms with Crippen molar-refractivity contribution in [2.24, 2.45) is 5.92 Å². The number of nitrogens with one attached hydrogen (secondary N) is 1. The highest BCUT2D eigenvalue weighted by atomic mass is 16.6. The molecule has 0 radical (unpaired) electrons. The Balaban J connectivity index is 2.21. The minimum absolute atomic E-state index is 0.0342. The molecule has 1 heterocycles. The molecule has 7 nitrogen and oxygen atoms in total. The van der Waals surface area contributed by atoms with Crippen molar-refractivity contribution < 1.29 is 28.5 Å². The minimum Gasteiger partial charge on any atom is -0.493 e. The number of hydrogen-bond donors (Lipinski definition) is 1. The molecule has 0 aromatic heterocycles. The fourth-order valence-corrected chi connectivity index (χ4v) is 3.44. The second kappa shape index (κ2) is 10.1. The third kappa shape index (κ3) is 6.44. The van der Waals surface area contributed by atoms with Crippen LogP contribution in [0.25, 0.3) is 0 Å². The summed E-state index contributed by atoms with van der Waals surface area (Å²) in [6.45, 7) is 8.14. The van der Waals surface area contributed by atoms with Crippen molar-refractivity contribution in [1.29, 1.82) is 0 Å².